The lowest BCUT2D eigenvalue weighted by Gasteiger charge is -2.07. The molecular formula is C17H20N2O3S. The molecule has 0 atom stereocenters. The van der Waals surface area contributed by atoms with Crippen LogP contribution in [0.2, 0.25) is 0 Å². The number of benzene rings is 2. The van der Waals surface area contributed by atoms with Crippen molar-refractivity contribution in [2.75, 3.05) is 6.61 Å². The van der Waals surface area contributed by atoms with E-state index >= 15 is 0 Å². The van der Waals surface area contributed by atoms with Crippen molar-refractivity contribution in [2.45, 2.75) is 25.7 Å². The molecule has 1 N–H and O–H groups in total. The lowest BCUT2D eigenvalue weighted by molar-refractivity contribution is 0.340. The molecule has 0 radical (unpaired) electrons. The van der Waals surface area contributed by atoms with Gasteiger partial charge in [0.15, 0.2) is 0 Å². The molecule has 0 spiro atoms. The fourth-order valence-electron chi connectivity index (χ4n) is 2.03. The van der Waals surface area contributed by atoms with E-state index in [-0.39, 0.29) is 4.90 Å². The molecule has 6 heteroatoms. The predicted molar refractivity (Wildman–Crippen MR) is 91.4 cm³/mol. The van der Waals surface area contributed by atoms with E-state index in [4.69, 9.17) is 4.74 Å². The Labute approximate surface area is 137 Å². The molecule has 2 rings (SSSR count). The maximum absolute atomic E-state index is 12.3. The SMILES string of the molecule is CCOc1ccc(C=NNS(=O)(=O)c2cc(C)ccc2C)cc1. The predicted octanol–water partition coefficient (Wildman–Crippen LogP) is 3.01. The number of sulfonamides is 1. The first-order valence-corrected chi connectivity index (χ1v) is 8.75. The molecular weight excluding hydrogens is 312 g/mol. The largest absolute Gasteiger partial charge is 0.494 e. The second kappa shape index (κ2) is 7.28. The normalized spacial score (nSPS) is 11.6. The fraction of sp³-hybridized carbons (Fsp3) is 0.235. The first kappa shape index (κ1) is 17.0. The standard InChI is InChI=1S/C17H20N2O3S/c1-4-22-16-9-7-15(8-10-16)12-18-19-23(20,21)17-11-13(2)5-6-14(17)3/h5-12,19H,4H2,1-3H3. The topological polar surface area (TPSA) is 67.8 Å². The Bertz CT molecular complexity index is 797. The van der Waals surface area contributed by atoms with Crippen LogP contribution < -0.4 is 9.57 Å². The van der Waals surface area contributed by atoms with Crippen LogP contribution in [-0.4, -0.2) is 21.2 Å². The average molecular weight is 332 g/mol. The number of hydrazone groups is 1. The van der Waals surface area contributed by atoms with Gasteiger partial charge < -0.3 is 4.74 Å². The summed E-state index contributed by atoms with van der Waals surface area (Å²) in [4.78, 5) is 2.48. The summed E-state index contributed by atoms with van der Waals surface area (Å²) in [5, 5.41) is 3.83. The zero-order valence-electron chi connectivity index (χ0n) is 13.4. The highest BCUT2D eigenvalue weighted by Crippen LogP contribution is 2.16. The highest BCUT2D eigenvalue weighted by molar-refractivity contribution is 7.89. The third kappa shape index (κ3) is 4.56. The second-order valence-corrected chi connectivity index (χ2v) is 6.75. The quantitative estimate of drug-likeness (QED) is 0.653. The molecule has 122 valence electrons. The van der Waals surface area contributed by atoms with Crippen molar-refractivity contribution in [3.05, 3.63) is 59.2 Å². The average Bonchev–Trinajstić information content (AvgIpc) is 2.51. The van der Waals surface area contributed by atoms with Crippen LogP contribution in [0.3, 0.4) is 0 Å². The molecule has 0 aliphatic carbocycles. The third-order valence-corrected chi connectivity index (χ3v) is 4.58. The Kier molecular flexibility index (Phi) is 5.39. The molecule has 0 aliphatic heterocycles. The summed E-state index contributed by atoms with van der Waals surface area (Å²) in [7, 11) is -3.67. The van der Waals surface area contributed by atoms with Crippen LogP contribution in [0.4, 0.5) is 0 Å². The highest BCUT2D eigenvalue weighted by atomic mass is 32.2. The molecule has 5 nitrogen and oxygen atoms in total. The zero-order chi connectivity index (χ0) is 16.9. The van der Waals surface area contributed by atoms with Gasteiger partial charge in [0, 0.05) is 0 Å². The van der Waals surface area contributed by atoms with Gasteiger partial charge in [0.1, 0.15) is 5.75 Å². The zero-order valence-corrected chi connectivity index (χ0v) is 14.2. The Hall–Kier alpha value is -2.34. The van der Waals surface area contributed by atoms with Crippen molar-refractivity contribution in [2.24, 2.45) is 5.10 Å². The molecule has 23 heavy (non-hydrogen) atoms. The summed E-state index contributed by atoms with van der Waals surface area (Å²) in [5.41, 5.74) is 2.34. The van der Waals surface area contributed by atoms with Gasteiger partial charge in [-0.05, 0) is 67.8 Å². The van der Waals surface area contributed by atoms with Crippen LogP contribution in [0.5, 0.6) is 5.75 Å². The van der Waals surface area contributed by atoms with Gasteiger partial charge in [-0.25, -0.2) is 4.83 Å². The van der Waals surface area contributed by atoms with Gasteiger partial charge >= 0.3 is 0 Å². The highest BCUT2D eigenvalue weighted by Gasteiger charge is 2.15. The van der Waals surface area contributed by atoms with Crippen molar-refractivity contribution < 1.29 is 13.2 Å². The molecule has 0 heterocycles. The number of hydrogen-bond acceptors (Lipinski definition) is 4. The molecule has 2 aromatic rings. The summed E-state index contributed by atoms with van der Waals surface area (Å²) >= 11 is 0. The van der Waals surface area contributed by atoms with Crippen LogP contribution in [0, 0.1) is 13.8 Å². The molecule has 0 unspecified atom stereocenters. The number of ether oxygens (including phenoxy) is 1. The summed E-state index contributed by atoms with van der Waals surface area (Å²) < 4.78 is 29.9. The van der Waals surface area contributed by atoms with Gasteiger partial charge in [-0.2, -0.15) is 13.5 Å². The number of aryl methyl sites for hydroxylation is 2. The molecule has 0 amide bonds. The number of nitrogens with one attached hydrogen (secondary N) is 1. The van der Waals surface area contributed by atoms with E-state index < -0.39 is 10.0 Å². The van der Waals surface area contributed by atoms with Gasteiger partial charge in [-0.3, -0.25) is 0 Å². The summed E-state index contributed by atoms with van der Waals surface area (Å²) in [6, 6.07) is 12.5. The Morgan fingerprint density at radius 2 is 1.83 bits per heavy atom. The lowest BCUT2D eigenvalue weighted by Crippen LogP contribution is -2.19. The molecule has 0 saturated carbocycles. The van der Waals surface area contributed by atoms with E-state index in [1.165, 1.54) is 6.21 Å². The minimum Gasteiger partial charge on any atom is -0.494 e. The van der Waals surface area contributed by atoms with E-state index in [1.807, 2.05) is 32.0 Å². The maximum Gasteiger partial charge on any atom is 0.276 e. The van der Waals surface area contributed by atoms with Gasteiger partial charge in [0.25, 0.3) is 10.0 Å². The van der Waals surface area contributed by atoms with E-state index in [2.05, 4.69) is 9.93 Å². The van der Waals surface area contributed by atoms with Crippen molar-refractivity contribution in [1.82, 2.24) is 4.83 Å². The van der Waals surface area contributed by atoms with Crippen molar-refractivity contribution in [3.63, 3.8) is 0 Å². The summed E-state index contributed by atoms with van der Waals surface area (Å²) in [6.45, 7) is 6.12. The molecule has 0 fully saturated rings. The summed E-state index contributed by atoms with van der Waals surface area (Å²) in [5.74, 6) is 0.764. The van der Waals surface area contributed by atoms with E-state index in [1.54, 1.807) is 31.2 Å². The number of hydrogen-bond donors (Lipinski definition) is 1. The number of rotatable bonds is 6. The second-order valence-electron chi connectivity index (χ2n) is 5.12. The van der Waals surface area contributed by atoms with Gasteiger partial charge in [-0.1, -0.05) is 12.1 Å². The van der Waals surface area contributed by atoms with E-state index in [0.717, 1.165) is 16.9 Å². The molecule has 0 aliphatic rings. The van der Waals surface area contributed by atoms with Gasteiger partial charge in [0.05, 0.1) is 17.7 Å². The Morgan fingerprint density at radius 3 is 2.48 bits per heavy atom. The van der Waals surface area contributed by atoms with Crippen molar-refractivity contribution in [3.8, 4) is 5.75 Å². The van der Waals surface area contributed by atoms with E-state index in [9.17, 15) is 8.42 Å². The van der Waals surface area contributed by atoms with Gasteiger partial charge in [-0.15, -0.1) is 0 Å². The minimum absolute atomic E-state index is 0.237. The number of nitrogens with zero attached hydrogens (tertiary/aromatic N) is 1. The Balaban J connectivity index is 2.10. The first-order chi connectivity index (χ1) is 10.9. The molecule has 0 aromatic heterocycles. The fourth-order valence-corrected chi connectivity index (χ4v) is 3.16. The smallest absolute Gasteiger partial charge is 0.276 e. The molecule has 0 saturated heterocycles. The molecule has 0 bridgehead atoms. The third-order valence-electron chi connectivity index (χ3n) is 3.21. The molecule has 2 aromatic carbocycles. The van der Waals surface area contributed by atoms with Crippen LogP contribution in [0.1, 0.15) is 23.6 Å². The van der Waals surface area contributed by atoms with Crippen LogP contribution in [-0.2, 0) is 10.0 Å². The van der Waals surface area contributed by atoms with E-state index in [0.29, 0.717) is 12.2 Å². The monoisotopic (exact) mass is 332 g/mol. The van der Waals surface area contributed by atoms with Crippen molar-refractivity contribution in [1.29, 1.82) is 0 Å². The van der Waals surface area contributed by atoms with Gasteiger partial charge in [0.2, 0.25) is 0 Å². The summed E-state index contributed by atoms with van der Waals surface area (Å²) in [6.07, 6.45) is 1.46. The van der Waals surface area contributed by atoms with Crippen LogP contribution in [0.25, 0.3) is 0 Å². The maximum atomic E-state index is 12.3. The lowest BCUT2D eigenvalue weighted by atomic mass is 10.2. The Morgan fingerprint density at radius 1 is 1.13 bits per heavy atom. The minimum atomic E-state index is -3.67. The van der Waals surface area contributed by atoms with Crippen LogP contribution in [0.15, 0.2) is 52.5 Å². The van der Waals surface area contributed by atoms with Crippen molar-refractivity contribution >= 4 is 16.2 Å². The van der Waals surface area contributed by atoms with Crippen LogP contribution >= 0.6 is 0 Å². The first-order valence-electron chi connectivity index (χ1n) is 7.27.